The molecule has 0 saturated carbocycles. The van der Waals surface area contributed by atoms with Gasteiger partial charge >= 0.3 is 0 Å². The molecule has 0 radical (unpaired) electrons. The summed E-state index contributed by atoms with van der Waals surface area (Å²) in [6.45, 7) is 0. The van der Waals surface area contributed by atoms with Gasteiger partial charge in [-0.05, 0) is 23.8 Å². The largest absolute Gasteiger partial charge is 0.504 e. The number of rotatable bonds is 2. The van der Waals surface area contributed by atoms with E-state index in [-0.39, 0.29) is 28.3 Å². The Morgan fingerprint density at radius 2 is 1.68 bits per heavy atom. The minimum atomic E-state index is -0.365. The predicted octanol–water partition coefficient (Wildman–Crippen LogP) is 1.26. The van der Waals surface area contributed by atoms with Gasteiger partial charge in [0.15, 0.2) is 17.1 Å². The van der Waals surface area contributed by atoms with Crippen LogP contribution in [0, 0.1) is 34.0 Å². The summed E-state index contributed by atoms with van der Waals surface area (Å²) in [6, 6.07) is 8.84. The molecule has 0 heterocycles. The number of phenolic OH excluding ortho intramolecular Hbond substituents is 2. The predicted molar refractivity (Wildman–Crippen MR) is 65.8 cm³/mol. The van der Waals surface area contributed by atoms with Crippen LogP contribution < -0.4 is 5.73 Å². The van der Waals surface area contributed by atoms with E-state index in [1.54, 1.807) is 18.2 Å². The Morgan fingerprint density at radius 1 is 1.05 bits per heavy atom. The van der Waals surface area contributed by atoms with Crippen LogP contribution in [0.2, 0.25) is 0 Å². The van der Waals surface area contributed by atoms with Crippen molar-refractivity contribution in [2.24, 2.45) is 5.73 Å². The highest BCUT2D eigenvalue weighted by molar-refractivity contribution is 5.67. The van der Waals surface area contributed by atoms with E-state index in [0.717, 1.165) is 0 Å². The van der Waals surface area contributed by atoms with Crippen LogP contribution in [0.25, 0.3) is 6.08 Å². The molecule has 92 valence electrons. The molecule has 0 aliphatic rings. The van der Waals surface area contributed by atoms with Gasteiger partial charge in [0.05, 0.1) is 11.3 Å². The Bertz CT molecular complexity index is 681. The number of nitrogens with two attached hydrogens (primary N) is 1. The zero-order chi connectivity index (χ0) is 14.4. The Morgan fingerprint density at radius 3 is 2.16 bits per heavy atom. The Hall–Kier alpha value is -3.43. The molecule has 1 aromatic rings. The molecule has 0 unspecified atom stereocenters. The van der Waals surface area contributed by atoms with Crippen LogP contribution >= 0.6 is 0 Å². The molecular weight excluding hydrogens is 244 g/mol. The van der Waals surface area contributed by atoms with E-state index in [4.69, 9.17) is 26.6 Å². The summed E-state index contributed by atoms with van der Waals surface area (Å²) in [7, 11) is 0. The monoisotopic (exact) mass is 252 g/mol. The van der Waals surface area contributed by atoms with Crippen LogP contribution in [0.4, 0.5) is 0 Å². The summed E-state index contributed by atoms with van der Waals surface area (Å²) in [5.74, 6) is -0.650. The van der Waals surface area contributed by atoms with E-state index in [1.165, 1.54) is 24.3 Å². The van der Waals surface area contributed by atoms with Crippen LogP contribution in [0.3, 0.4) is 0 Å². The molecule has 0 aromatic heterocycles. The van der Waals surface area contributed by atoms with E-state index < -0.39 is 0 Å². The van der Waals surface area contributed by atoms with Gasteiger partial charge in [-0.25, -0.2) is 0 Å². The minimum Gasteiger partial charge on any atom is -0.504 e. The van der Waals surface area contributed by atoms with Crippen molar-refractivity contribution >= 4 is 6.08 Å². The highest BCUT2D eigenvalue weighted by Gasteiger charge is 2.08. The number of hydrogen-bond donors (Lipinski definition) is 3. The lowest BCUT2D eigenvalue weighted by molar-refractivity contribution is 0.403. The lowest BCUT2D eigenvalue weighted by atomic mass is 10.1. The second-order valence-electron chi connectivity index (χ2n) is 3.43. The summed E-state index contributed by atoms with van der Waals surface area (Å²) in [4.78, 5) is 0. The topological polar surface area (TPSA) is 138 Å². The van der Waals surface area contributed by atoms with Crippen LogP contribution in [-0.2, 0) is 0 Å². The Balaban J connectivity index is 3.33. The first-order chi connectivity index (χ1) is 9.03. The van der Waals surface area contributed by atoms with Crippen molar-refractivity contribution in [3.63, 3.8) is 0 Å². The minimum absolute atomic E-state index is 0.0804. The molecule has 6 nitrogen and oxygen atoms in total. The maximum Gasteiger partial charge on any atom is 0.157 e. The van der Waals surface area contributed by atoms with Crippen molar-refractivity contribution in [3.05, 3.63) is 40.6 Å². The fraction of sp³-hybridized carbons (Fsp3) is 0. The second-order valence-corrected chi connectivity index (χ2v) is 3.43. The average Bonchev–Trinajstić information content (AvgIpc) is 2.41. The number of hydrogen-bond acceptors (Lipinski definition) is 6. The van der Waals surface area contributed by atoms with E-state index >= 15 is 0 Å². The first kappa shape index (κ1) is 13.6. The van der Waals surface area contributed by atoms with Crippen LogP contribution in [-0.4, -0.2) is 10.2 Å². The van der Waals surface area contributed by atoms with Crippen molar-refractivity contribution in [1.82, 2.24) is 0 Å². The number of aromatic hydroxyl groups is 2. The van der Waals surface area contributed by atoms with Gasteiger partial charge in [-0.1, -0.05) is 6.07 Å². The van der Waals surface area contributed by atoms with Crippen molar-refractivity contribution in [3.8, 4) is 29.7 Å². The summed E-state index contributed by atoms with van der Waals surface area (Å²) >= 11 is 0. The molecule has 0 spiro atoms. The molecular formula is C13H8N4O2. The molecule has 1 aromatic carbocycles. The van der Waals surface area contributed by atoms with Gasteiger partial charge in [0.25, 0.3) is 0 Å². The lowest BCUT2D eigenvalue weighted by Gasteiger charge is -2.01. The molecule has 0 fully saturated rings. The fourth-order valence-corrected chi connectivity index (χ4v) is 1.25. The maximum atomic E-state index is 9.32. The number of nitrogens with zero attached hydrogens (tertiary/aromatic N) is 3. The van der Waals surface area contributed by atoms with Gasteiger partial charge < -0.3 is 15.9 Å². The van der Waals surface area contributed by atoms with Crippen LogP contribution in [0.15, 0.2) is 35.0 Å². The van der Waals surface area contributed by atoms with Crippen LogP contribution in [0.1, 0.15) is 5.56 Å². The van der Waals surface area contributed by atoms with Gasteiger partial charge in [0.2, 0.25) is 0 Å². The average molecular weight is 252 g/mol. The van der Waals surface area contributed by atoms with Crippen molar-refractivity contribution in [2.75, 3.05) is 0 Å². The summed E-state index contributed by atoms with van der Waals surface area (Å²) in [6.07, 6.45) is 1.29. The quantitative estimate of drug-likeness (QED) is 0.411. The second kappa shape index (κ2) is 5.77. The molecule has 0 aliphatic heterocycles. The van der Waals surface area contributed by atoms with Crippen molar-refractivity contribution < 1.29 is 10.2 Å². The normalized spacial score (nSPS) is 9.84. The fourth-order valence-electron chi connectivity index (χ4n) is 1.25. The summed E-state index contributed by atoms with van der Waals surface area (Å²) in [5.41, 5.74) is 5.25. The molecule has 6 heteroatoms. The number of nitriles is 3. The third-order valence-electron chi connectivity index (χ3n) is 2.21. The standard InChI is InChI=1S/C13H8N4O2/c14-5-9(13(17)10(6-15)7-16)3-8-1-2-11(18)12(19)4-8/h1-4,18-19H,17H2. The smallest absolute Gasteiger partial charge is 0.157 e. The molecule has 0 bridgehead atoms. The van der Waals surface area contributed by atoms with Gasteiger partial charge in [-0.2, -0.15) is 15.8 Å². The van der Waals surface area contributed by atoms with Gasteiger partial charge in [-0.3, -0.25) is 0 Å². The molecule has 0 saturated heterocycles. The summed E-state index contributed by atoms with van der Waals surface area (Å²) in [5, 5.41) is 44.8. The molecule has 0 atom stereocenters. The number of allylic oxidation sites excluding steroid dienone is 2. The lowest BCUT2D eigenvalue weighted by Crippen LogP contribution is -2.03. The first-order valence-corrected chi connectivity index (χ1v) is 4.97. The molecule has 1 rings (SSSR count). The van der Waals surface area contributed by atoms with Gasteiger partial charge in [0.1, 0.15) is 18.2 Å². The van der Waals surface area contributed by atoms with E-state index in [2.05, 4.69) is 0 Å². The van der Waals surface area contributed by atoms with Crippen molar-refractivity contribution in [1.29, 1.82) is 15.8 Å². The Kier molecular flexibility index (Phi) is 4.14. The highest BCUT2D eigenvalue weighted by atomic mass is 16.3. The number of phenols is 2. The molecule has 19 heavy (non-hydrogen) atoms. The van der Waals surface area contributed by atoms with E-state index in [9.17, 15) is 5.11 Å². The maximum absolute atomic E-state index is 9.32. The first-order valence-electron chi connectivity index (χ1n) is 4.97. The Labute approximate surface area is 109 Å². The number of benzene rings is 1. The molecule has 4 N–H and O–H groups in total. The SMILES string of the molecule is N#CC(=Cc1ccc(O)c(O)c1)C(N)=C(C#N)C#N. The molecule has 0 amide bonds. The van der Waals surface area contributed by atoms with Gasteiger partial charge in [0, 0.05) is 0 Å². The molecule has 0 aliphatic carbocycles. The van der Waals surface area contributed by atoms with E-state index in [0.29, 0.717) is 5.56 Å². The van der Waals surface area contributed by atoms with Crippen LogP contribution in [0.5, 0.6) is 11.5 Å². The zero-order valence-corrected chi connectivity index (χ0v) is 9.62. The van der Waals surface area contributed by atoms with E-state index in [1.807, 2.05) is 0 Å². The highest BCUT2D eigenvalue weighted by Crippen LogP contribution is 2.26. The zero-order valence-electron chi connectivity index (χ0n) is 9.62. The third-order valence-corrected chi connectivity index (χ3v) is 2.21. The summed E-state index contributed by atoms with van der Waals surface area (Å²) < 4.78 is 0. The third kappa shape index (κ3) is 3.03. The van der Waals surface area contributed by atoms with Crippen molar-refractivity contribution in [2.45, 2.75) is 0 Å². The van der Waals surface area contributed by atoms with Gasteiger partial charge in [-0.15, -0.1) is 0 Å².